The first-order valence-electron chi connectivity index (χ1n) is 6.01. The minimum atomic E-state index is -0.390. The van der Waals surface area contributed by atoms with E-state index >= 15 is 0 Å². The monoisotopic (exact) mass is 246 g/mol. The molecule has 0 fully saturated rings. The molecule has 1 N–H and O–H groups in total. The van der Waals surface area contributed by atoms with Gasteiger partial charge >= 0.3 is 0 Å². The third kappa shape index (κ3) is 3.18. The lowest BCUT2D eigenvalue weighted by molar-refractivity contribution is 0.179. The molecule has 1 unspecified atom stereocenters. The van der Waals surface area contributed by atoms with Crippen LogP contribution >= 0.6 is 11.3 Å². The van der Waals surface area contributed by atoms with Gasteiger partial charge in [-0.15, -0.1) is 11.3 Å². The van der Waals surface area contributed by atoms with Crippen molar-refractivity contribution >= 4 is 11.3 Å². The van der Waals surface area contributed by atoms with E-state index in [9.17, 15) is 5.11 Å². The summed E-state index contributed by atoms with van der Waals surface area (Å²) in [6.45, 7) is 4.22. The van der Waals surface area contributed by atoms with E-state index in [-0.39, 0.29) is 6.10 Å². The number of aryl methyl sites for hydroxylation is 2. The largest absolute Gasteiger partial charge is 0.388 e. The van der Waals surface area contributed by atoms with Crippen LogP contribution in [-0.2, 0) is 12.8 Å². The molecule has 0 aliphatic rings. The van der Waals surface area contributed by atoms with Gasteiger partial charge in [0.15, 0.2) is 0 Å². The molecular weight excluding hydrogens is 228 g/mol. The maximum Gasteiger partial charge on any atom is 0.0838 e. The lowest BCUT2D eigenvalue weighted by atomic mass is 10.0. The van der Waals surface area contributed by atoms with Crippen LogP contribution in [0.5, 0.6) is 0 Å². The molecule has 1 aromatic carbocycles. The first-order valence-corrected chi connectivity index (χ1v) is 6.83. The maximum atomic E-state index is 10.2. The first-order chi connectivity index (χ1) is 8.19. The maximum absolute atomic E-state index is 10.2. The molecule has 0 aliphatic heterocycles. The molecule has 2 aromatic rings. The van der Waals surface area contributed by atoms with E-state index in [2.05, 4.69) is 26.0 Å². The van der Waals surface area contributed by atoms with Crippen molar-refractivity contribution in [1.29, 1.82) is 0 Å². The van der Waals surface area contributed by atoms with Crippen LogP contribution in [0.3, 0.4) is 0 Å². The predicted molar refractivity (Wildman–Crippen MR) is 73.5 cm³/mol. The molecule has 0 radical (unpaired) electrons. The fourth-order valence-electron chi connectivity index (χ4n) is 1.82. The Morgan fingerprint density at radius 3 is 2.29 bits per heavy atom. The molecule has 2 heteroatoms. The Kier molecular flexibility index (Phi) is 3.97. The Balaban J connectivity index is 2.05. The Morgan fingerprint density at radius 1 is 1.06 bits per heavy atom. The third-order valence-corrected chi connectivity index (χ3v) is 4.17. The van der Waals surface area contributed by atoms with Crippen molar-refractivity contribution in [2.24, 2.45) is 0 Å². The Morgan fingerprint density at radius 2 is 1.71 bits per heavy atom. The lowest BCUT2D eigenvalue weighted by Gasteiger charge is -2.09. The van der Waals surface area contributed by atoms with Gasteiger partial charge in [0, 0.05) is 16.2 Å². The highest BCUT2D eigenvalue weighted by molar-refractivity contribution is 7.11. The minimum Gasteiger partial charge on any atom is -0.388 e. The van der Waals surface area contributed by atoms with E-state index in [1.807, 2.05) is 24.3 Å². The lowest BCUT2D eigenvalue weighted by Crippen LogP contribution is -2.00. The van der Waals surface area contributed by atoms with Crippen molar-refractivity contribution in [3.63, 3.8) is 0 Å². The second kappa shape index (κ2) is 5.48. The van der Waals surface area contributed by atoms with Gasteiger partial charge < -0.3 is 5.11 Å². The van der Waals surface area contributed by atoms with Gasteiger partial charge in [-0.3, -0.25) is 0 Å². The molecule has 0 saturated carbocycles. The van der Waals surface area contributed by atoms with E-state index in [0.29, 0.717) is 6.42 Å². The number of aliphatic hydroxyl groups excluding tert-OH is 1. The van der Waals surface area contributed by atoms with E-state index in [1.165, 1.54) is 15.3 Å². The molecule has 0 bridgehead atoms. The summed E-state index contributed by atoms with van der Waals surface area (Å²) in [5.41, 5.74) is 2.23. The fraction of sp³-hybridized carbons (Fsp3) is 0.333. The van der Waals surface area contributed by atoms with Crippen molar-refractivity contribution < 1.29 is 5.11 Å². The van der Waals surface area contributed by atoms with E-state index in [4.69, 9.17) is 0 Å². The topological polar surface area (TPSA) is 20.2 Å². The normalized spacial score (nSPS) is 12.6. The van der Waals surface area contributed by atoms with Crippen LogP contribution in [0.25, 0.3) is 0 Å². The summed E-state index contributed by atoms with van der Waals surface area (Å²) >= 11 is 1.80. The molecule has 90 valence electrons. The molecule has 17 heavy (non-hydrogen) atoms. The summed E-state index contributed by atoms with van der Waals surface area (Å²) in [6.07, 6.45) is 1.40. The van der Waals surface area contributed by atoms with Crippen molar-refractivity contribution in [2.45, 2.75) is 32.8 Å². The van der Waals surface area contributed by atoms with Crippen LogP contribution in [0.1, 0.15) is 33.9 Å². The second-order valence-electron chi connectivity index (χ2n) is 4.35. The van der Waals surface area contributed by atoms with Gasteiger partial charge in [-0.1, -0.05) is 36.8 Å². The van der Waals surface area contributed by atoms with Crippen molar-refractivity contribution in [3.05, 3.63) is 57.3 Å². The van der Waals surface area contributed by atoms with Crippen LogP contribution in [-0.4, -0.2) is 5.11 Å². The second-order valence-corrected chi connectivity index (χ2v) is 5.61. The van der Waals surface area contributed by atoms with Gasteiger partial charge in [0.25, 0.3) is 0 Å². The molecule has 1 atom stereocenters. The summed E-state index contributed by atoms with van der Waals surface area (Å²) in [5.74, 6) is 0. The number of hydrogen-bond donors (Lipinski definition) is 1. The van der Waals surface area contributed by atoms with Gasteiger partial charge in [-0.05, 0) is 31.0 Å². The molecule has 0 amide bonds. The molecule has 0 aliphatic carbocycles. The number of hydrogen-bond acceptors (Lipinski definition) is 2. The quantitative estimate of drug-likeness (QED) is 0.867. The van der Waals surface area contributed by atoms with Crippen molar-refractivity contribution in [2.75, 3.05) is 0 Å². The highest BCUT2D eigenvalue weighted by atomic mass is 32.1. The fourth-order valence-corrected chi connectivity index (χ4v) is 2.81. The predicted octanol–water partition coefficient (Wildman–Crippen LogP) is 3.90. The minimum absolute atomic E-state index is 0.390. The van der Waals surface area contributed by atoms with Crippen LogP contribution in [0.15, 0.2) is 36.4 Å². The van der Waals surface area contributed by atoms with Gasteiger partial charge in [-0.25, -0.2) is 0 Å². The summed E-state index contributed by atoms with van der Waals surface area (Å²) < 4.78 is 0. The number of aliphatic hydroxyl groups is 1. The summed E-state index contributed by atoms with van der Waals surface area (Å²) in [4.78, 5) is 2.64. The number of rotatable bonds is 4. The molecule has 2 rings (SSSR count). The van der Waals surface area contributed by atoms with E-state index in [0.717, 1.165) is 12.0 Å². The van der Waals surface area contributed by atoms with Gasteiger partial charge in [0.2, 0.25) is 0 Å². The average molecular weight is 246 g/mol. The van der Waals surface area contributed by atoms with Crippen LogP contribution < -0.4 is 0 Å². The molecular formula is C15H18OS. The standard InChI is InChI=1S/C15H18OS/c1-3-13-8-9-14(17-13)10-15(16)12-6-4-11(2)5-7-12/h4-9,15-16H,3,10H2,1-2H3. The van der Waals surface area contributed by atoms with E-state index < -0.39 is 0 Å². The Labute approximate surface area is 107 Å². The number of benzene rings is 1. The average Bonchev–Trinajstić information content (AvgIpc) is 2.77. The van der Waals surface area contributed by atoms with Gasteiger partial charge in [0.05, 0.1) is 6.10 Å². The summed E-state index contributed by atoms with van der Waals surface area (Å²) in [5, 5.41) is 10.2. The Hall–Kier alpha value is -1.12. The zero-order valence-corrected chi connectivity index (χ0v) is 11.1. The molecule has 0 saturated heterocycles. The van der Waals surface area contributed by atoms with E-state index in [1.54, 1.807) is 11.3 Å². The number of thiophene rings is 1. The van der Waals surface area contributed by atoms with Crippen molar-refractivity contribution in [3.8, 4) is 0 Å². The molecule has 0 spiro atoms. The summed E-state index contributed by atoms with van der Waals surface area (Å²) in [7, 11) is 0. The smallest absolute Gasteiger partial charge is 0.0838 e. The first kappa shape index (κ1) is 12.3. The zero-order valence-electron chi connectivity index (χ0n) is 10.3. The van der Waals surface area contributed by atoms with Gasteiger partial charge in [0.1, 0.15) is 0 Å². The van der Waals surface area contributed by atoms with Crippen LogP contribution in [0.2, 0.25) is 0 Å². The highest BCUT2D eigenvalue weighted by Crippen LogP contribution is 2.24. The SMILES string of the molecule is CCc1ccc(CC(O)c2ccc(C)cc2)s1. The van der Waals surface area contributed by atoms with Crippen LogP contribution in [0.4, 0.5) is 0 Å². The zero-order chi connectivity index (χ0) is 12.3. The van der Waals surface area contributed by atoms with Crippen molar-refractivity contribution in [1.82, 2.24) is 0 Å². The summed E-state index contributed by atoms with van der Waals surface area (Å²) in [6, 6.07) is 12.4. The van der Waals surface area contributed by atoms with Gasteiger partial charge in [-0.2, -0.15) is 0 Å². The molecule has 1 aromatic heterocycles. The molecule has 1 heterocycles. The van der Waals surface area contributed by atoms with Crippen LogP contribution in [0, 0.1) is 6.92 Å². The molecule has 1 nitrogen and oxygen atoms in total. The Bertz CT molecular complexity index is 470. The third-order valence-electron chi connectivity index (χ3n) is 2.92. The highest BCUT2D eigenvalue weighted by Gasteiger charge is 2.09.